The maximum Gasteiger partial charge on any atom is 0.255 e. The number of amides is 2. The van der Waals surface area contributed by atoms with Crippen molar-refractivity contribution in [1.29, 1.82) is 0 Å². The van der Waals surface area contributed by atoms with E-state index in [0.29, 0.717) is 11.4 Å². The highest BCUT2D eigenvalue weighted by Gasteiger charge is 2.30. The van der Waals surface area contributed by atoms with Gasteiger partial charge in [-0.1, -0.05) is 23.4 Å². The van der Waals surface area contributed by atoms with Gasteiger partial charge in [-0.15, -0.1) is 0 Å². The third kappa shape index (κ3) is 4.18. The molecule has 0 aliphatic heterocycles. The van der Waals surface area contributed by atoms with E-state index in [-0.39, 0.29) is 18.4 Å². The highest BCUT2D eigenvalue weighted by atomic mass is 16.5. The van der Waals surface area contributed by atoms with Crippen LogP contribution in [0.5, 0.6) is 0 Å². The van der Waals surface area contributed by atoms with Gasteiger partial charge in [-0.2, -0.15) is 0 Å². The number of nitrogens with one attached hydrogen (secondary N) is 1. The first-order valence-corrected chi connectivity index (χ1v) is 7.37. The average molecular weight is 315 g/mol. The van der Waals surface area contributed by atoms with Gasteiger partial charge in [0, 0.05) is 17.2 Å². The minimum atomic E-state index is -0.499. The molecular formula is C17H21N3O3. The maximum absolute atomic E-state index is 12.9. The summed E-state index contributed by atoms with van der Waals surface area (Å²) in [6.07, 6.45) is 1.37. The highest BCUT2D eigenvalue weighted by molar-refractivity contribution is 6.00. The summed E-state index contributed by atoms with van der Waals surface area (Å²) in [6.45, 7) is 7.50. The normalized spacial score (nSPS) is 11.1. The summed E-state index contributed by atoms with van der Waals surface area (Å²) >= 11 is 0. The molecule has 2 aromatic rings. The van der Waals surface area contributed by atoms with Crippen LogP contribution in [0.1, 0.15) is 36.7 Å². The third-order valence-corrected chi connectivity index (χ3v) is 3.44. The van der Waals surface area contributed by atoms with Crippen LogP contribution in [0.15, 0.2) is 41.1 Å². The van der Waals surface area contributed by atoms with Crippen molar-refractivity contribution in [2.45, 2.75) is 33.2 Å². The predicted molar refractivity (Wildman–Crippen MR) is 87.1 cm³/mol. The van der Waals surface area contributed by atoms with E-state index >= 15 is 0 Å². The van der Waals surface area contributed by atoms with Crippen molar-refractivity contribution < 1.29 is 14.1 Å². The monoisotopic (exact) mass is 315 g/mol. The van der Waals surface area contributed by atoms with Gasteiger partial charge >= 0.3 is 0 Å². The van der Waals surface area contributed by atoms with Crippen molar-refractivity contribution in [2.75, 3.05) is 11.9 Å². The summed E-state index contributed by atoms with van der Waals surface area (Å²) in [5.74, 6) is -0.172. The minimum Gasteiger partial charge on any atom is -0.363 e. The van der Waals surface area contributed by atoms with Gasteiger partial charge in [-0.25, -0.2) is 0 Å². The zero-order valence-corrected chi connectivity index (χ0v) is 13.8. The molecule has 6 nitrogen and oxygen atoms in total. The van der Waals surface area contributed by atoms with Crippen LogP contribution in [0.25, 0.3) is 0 Å². The quantitative estimate of drug-likeness (QED) is 0.941. The zero-order valence-electron chi connectivity index (χ0n) is 13.8. The van der Waals surface area contributed by atoms with Crippen LogP contribution in [-0.2, 0) is 4.79 Å². The number of aromatic nitrogens is 1. The van der Waals surface area contributed by atoms with Crippen LogP contribution >= 0.6 is 0 Å². The lowest BCUT2D eigenvalue weighted by Crippen LogP contribution is -2.49. The van der Waals surface area contributed by atoms with E-state index in [4.69, 9.17) is 0 Å². The molecule has 0 aliphatic carbocycles. The molecule has 0 radical (unpaired) electrons. The van der Waals surface area contributed by atoms with Gasteiger partial charge in [-0.05, 0) is 39.3 Å². The number of carbonyl (C=O) groups is 2. The Morgan fingerprint density at radius 1 is 1.22 bits per heavy atom. The topological polar surface area (TPSA) is 75.4 Å². The molecule has 6 heteroatoms. The van der Waals surface area contributed by atoms with E-state index in [1.807, 2.05) is 45.9 Å². The molecular weight excluding hydrogens is 294 g/mol. The standard InChI is InChI=1S/C17H21N3O3/c1-12-7-5-6-8-13(12)16(22)20(17(2,3)4)11-15(21)18-14-9-10-23-19-14/h5-10H,11H2,1-4H3,(H,18,19,21). The van der Waals surface area contributed by atoms with Crippen LogP contribution < -0.4 is 5.32 Å². The van der Waals surface area contributed by atoms with E-state index < -0.39 is 5.54 Å². The number of carbonyl (C=O) groups excluding carboxylic acids is 2. The van der Waals surface area contributed by atoms with Gasteiger partial charge < -0.3 is 14.7 Å². The SMILES string of the molecule is Cc1ccccc1C(=O)N(CC(=O)Nc1ccon1)C(C)(C)C. The Morgan fingerprint density at radius 3 is 2.48 bits per heavy atom. The molecule has 2 rings (SSSR count). The molecule has 0 unspecified atom stereocenters. The first-order valence-electron chi connectivity index (χ1n) is 7.37. The number of aryl methyl sites for hydroxylation is 1. The van der Waals surface area contributed by atoms with E-state index in [1.54, 1.807) is 17.0 Å². The summed E-state index contributed by atoms with van der Waals surface area (Å²) < 4.78 is 4.67. The molecule has 0 saturated carbocycles. The Kier molecular flexibility index (Phi) is 4.83. The molecule has 0 bridgehead atoms. The molecule has 0 spiro atoms. The zero-order chi connectivity index (χ0) is 17.0. The van der Waals surface area contributed by atoms with E-state index in [9.17, 15) is 9.59 Å². The van der Waals surface area contributed by atoms with Crippen molar-refractivity contribution in [3.8, 4) is 0 Å². The second-order valence-corrected chi connectivity index (χ2v) is 6.31. The van der Waals surface area contributed by atoms with Crippen LogP contribution in [0, 0.1) is 6.92 Å². The Morgan fingerprint density at radius 2 is 1.91 bits per heavy atom. The first kappa shape index (κ1) is 16.7. The molecule has 0 atom stereocenters. The van der Waals surface area contributed by atoms with Gasteiger partial charge in [-0.3, -0.25) is 9.59 Å². The fourth-order valence-electron chi connectivity index (χ4n) is 2.17. The first-order chi connectivity index (χ1) is 10.8. The smallest absolute Gasteiger partial charge is 0.255 e. The number of benzene rings is 1. The minimum absolute atomic E-state index is 0.0659. The Labute approximate surface area is 135 Å². The van der Waals surface area contributed by atoms with Crippen LogP contribution in [0.2, 0.25) is 0 Å². The number of nitrogens with zero attached hydrogens (tertiary/aromatic N) is 2. The average Bonchev–Trinajstić information content (AvgIpc) is 2.96. The van der Waals surface area contributed by atoms with Gasteiger partial charge in [0.1, 0.15) is 12.8 Å². The number of hydrogen-bond donors (Lipinski definition) is 1. The fourth-order valence-corrected chi connectivity index (χ4v) is 2.17. The van der Waals surface area contributed by atoms with Gasteiger partial charge in [0.25, 0.3) is 5.91 Å². The second kappa shape index (κ2) is 6.64. The molecule has 23 heavy (non-hydrogen) atoms. The molecule has 0 fully saturated rings. The summed E-state index contributed by atoms with van der Waals surface area (Å²) in [4.78, 5) is 26.6. The number of hydrogen-bond acceptors (Lipinski definition) is 4. The lowest BCUT2D eigenvalue weighted by atomic mass is 10.0. The van der Waals surface area contributed by atoms with Crippen molar-refractivity contribution in [1.82, 2.24) is 10.1 Å². The largest absolute Gasteiger partial charge is 0.363 e. The van der Waals surface area contributed by atoms with Crippen molar-refractivity contribution in [2.24, 2.45) is 0 Å². The summed E-state index contributed by atoms with van der Waals surface area (Å²) in [6, 6.07) is 8.89. The summed E-state index contributed by atoms with van der Waals surface area (Å²) in [5, 5.41) is 6.24. The van der Waals surface area contributed by atoms with E-state index in [1.165, 1.54) is 6.26 Å². The summed E-state index contributed by atoms with van der Waals surface area (Å²) in [5.41, 5.74) is 0.973. The van der Waals surface area contributed by atoms with Crippen LogP contribution in [0.3, 0.4) is 0 Å². The molecule has 0 aliphatic rings. The molecule has 0 saturated heterocycles. The summed E-state index contributed by atoms with van der Waals surface area (Å²) in [7, 11) is 0. The van der Waals surface area contributed by atoms with E-state index in [2.05, 4.69) is 15.0 Å². The molecule has 2 amide bonds. The second-order valence-electron chi connectivity index (χ2n) is 6.31. The van der Waals surface area contributed by atoms with E-state index in [0.717, 1.165) is 5.56 Å². The lowest BCUT2D eigenvalue weighted by molar-refractivity contribution is -0.117. The molecule has 122 valence electrons. The number of rotatable bonds is 4. The van der Waals surface area contributed by atoms with Crippen LogP contribution in [-0.4, -0.2) is 34.0 Å². The third-order valence-electron chi connectivity index (χ3n) is 3.44. The maximum atomic E-state index is 12.9. The molecule has 1 N–H and O–H groups in total. The molecule has 1 heterocycles. The molecule has 1 aromatic heterocycles. The van der Waals surface area contributed by atoms with Gasteiger partial charge in [0.2, 0.25) is 5.91 Å². The van der Waals surface area contributed by atoms with Crippen molar-refractivity contribution in [3.63, 3.8) is 0 Å². The number of anilines is 1. The van der Waals surface area contributed by atoms with Crippen LogP contribution in [0.4, 0.5) is 5.82 Å². The highest BCUT2D eigenvalue weighted by Crippen LogP contribution is 2.19. The Balaban J connectivity index is 2.19. The Hall–Kier alpha value is -2.63. The molecule has 1 aromatic carbocycles. The fraction of sp³-hybridized carbons (Fsp3) is 0.353. The lowest BCUT2D eigenvalue weighted by Gasteiger charge is -2.35. The van der Waals surface area contributed by atoms with Gasteiger partial charge in [0.15, 0.2) is 5.82 Å². The van der Waals surface area contributed by atoms with Crippen molar-refractivity contribution >= 4 is 17.6 Å². The predicted octanol–water partition coefficient (Wildman–Crippen LogP) is 2.86. The Bertz CT molecular complexity index is 687. The van der Waals surface area contributed by atoms with Gasteiger partial charge in [0.05, 0.1) is 0 Å². The van der Waals surface area contributed by atoms with Crippen molar-refractivity contribution in [3.05, 3.63) is 47.7 Å².